The molecule has 0 radical (unpaired) electrons. The summed E-state index contributed by atoms with van der Waals surface area (Å²) in [6.07, 6.45) is 1.92. The van der Waals surface area contributed by atoms with Gasteiger partial charge < -0.3 is 5.11 Å². The summed E-state index contributed by atoms with van der Waals surface area (Å²) in [6.45, 7) is 8.30. The summed E-state index contributed by atoms with van der Waals surface area (Å²) in [6, 6.07) is 17.1. The molecule has 1 heterocycles. The summed E-state index contributed by atoms with van der Waals surface area (Å²) in [4.78, 5) is 18.2. The van der Waals surface area contributed by atoms with E-state index in [-0.39, 0.29) is 11.3 Å². The largest absolute Gasteiger partial charge is 0.507 e. The molecule has 1 aromatic heterocycles. The van der Waals surface area contributed by atoms with Gasteiger partial charge in [-0.15, -0.1) is 0 Å². The van der Waals surface area contributed by atoms with Crippen molar-refractivity contribution < 1.29 is 5.11 Å². The first-order valence-corrected chi connectivity index (χ1v) is 9.60. The van der Waals surface area contributed by atoms with E-state index in [2.05, 4.69) is 18.7 Å². The Hall–Kier alpha value is -3.14. The third-order valence-electron chi connectivity index (χ3n) is 4.75. The highest BCUT2D eigenvalue weighted by Crippen LogP contribution is 2.29. The number of allylic oxidation sites excluding steroid dienone is 1. The predicted octanol–water partition coefficient (Wildman–Crippen LogP) is 4.54. The number of benzene rings is 2. The van der Waals surface area contributed by atoms with Gasteiger partial charge in [0.1, 0.15) is 11.6 Å². The molecular weight excluding hydrogens is 348 g/mol. The van der Waals surface area contributed by atoms with Crippen molar-refractivity contribution in [1.82, 2.24) is 9.55 Å². The molecule has 0 aliphatic carbocycles. The molecule has 4 nitrogen and oxygen atoms in total. The van der Waals surface area contributed by atoms with E-state index < -0.39 is 0 Å². The molecule has 3 aromatic rings. The van der Waals surface area contributed by atoms with Gasteiger partial charge in [-0.05, 0) is 37.5 Å². The lowest BCUT2D eigenvalue weighted by atomic mass is 9.99. The number of phenols is 1. The highest BCUT2D eigenvalue weighted by molar-refractivity contribution is 5.69. The number of phenolic OH excluding ortho intramolecular Hbond substituents is 1. The van der Waals surface area contributed by atoms with Gasteiger partial charge in [0.25, 0.3) is 5.56 Å². The molecule has 0 aliphatic rings. The summed E-state index contributed by atoms with van der Waals surface area (Å²) < 4.78 is 1.71. The smallest absolute Gasteiger partial charge is 0.257 e. The normalized spacial score (nSPS) is 10.8. The van der Waals surface area contributed by atoms with Crippen molar-refractivity contribution in [3.8, 4) is 17.0 Å². The van der Waals surface area contributed by atoms with Crippen LogP contribution in [0.5, 0.6) is 5.75 Å². The van der Waals surface area contributed by atoms with Gasteiger partial charge in [-0.2, -0.15) is 0 Å². The second kappa shape index (κ2) is 8.70. The van der Waals surface area contributed by atoms with E-state index in [1.807, 2.05) is 44.2 Å². The average Bonchev–Trinajstić information content (AvgIpc) is 2.69. The Balaban J connectivity index is 2.16. The quantitative estimate of drug-likeness (QED) is 0.618. The van der Waals surface area contributed by atoms with Gasteiger partial charge >= 0.3 is 0 Å². The van der Waals surface area contributed by atoms with Gasteiger partial charge in [0.05, 0.1) is 5.69 Å². The number of aryl methyl sites for hydroxylation is 2. The van der Waals surface area contributed by atoms with E-state index in [0.717, 1.165) is 17.6 Å². The van der Waals surface area contributed by atoms with Crippen LogP contribution in [0.2, 0.25) is 0 Å². The minimum atomic E-state index is -0.0518. The van der Waals surface area contributed by atoms with Crippen LogP contribution in [0.3, 0.4) is 0 Å². The number of aromatic hydroxyl groups is 1. The van der Waals surface area contributed by atoms with Crippen LogP contribution in [0.25, 0.3) is 11.3 Å². The number of rotatable bonds is 7. The molecule has 0 atom stereocenters. The fourth-order valence-electron chi connectivity index (χ4n) is 3.38. The fourth-order valence-corrected chi connectivity index (χ4v) is 3.38. The third kappa shape index (κ3) is 4.22. The van der Waals surface area contributed by atoms with E-state index in [1.54, 1.807) is 16.7 Å². The molecule has 0 fully saturated rings. The Labute approximate surface area is 165 Å². The third-order valence-corrected chi connectivity index (χ3v) is 4.75. The van der Waals surface area contributed by atoms with Crippen LogP contribution >= 0.6 is 0 Å². The van der Waals surface area contributed by atoms with Gasteiger partial charge in [-0.3, -0.25) is 9.36 Å². The first-order valence-electron chi connectivity index (χ1n) is 9.60. The molecule has 0 saturated carbocycles. The molecule has 0 saturated heterocycles. The maximum absolute atomic E-state index is 13.4. The Morgan fingerprint density at radius 3 is 2.39 bits per heavy atom. The highest BCUT2D eigenvalue weighted by atomic mass is 16.3. The number of hydrogen-bond acceptors (Lipinski definition) is 3. The number of nitrogens with zero attached hydrogens (tertiary/aromatic N) is 2. The fraction of sp³-hybridized carbons (Fsp3) is 0.250. The minimum absolute atomic E-state index is 0.0518. The Morgan fingerprint density at radius 2 is 1.75 bits per heavy atom. The average molecular weight is 374 g/mol. The van der Waals surface area contributed by atoms with Gasteiger partial charge in [0.2, 0.25) is 0 Å². The first-order chi connectivity index (χ1) is 13.5. The molecule has 0 amide bonds. The Morgan fingerprint density at radius 1 is 1.07 bits per heavy atom. The zero-order valence-electron chi connectivity index (χ0n) is 16.5. The molecule has 3 rings (SSSR count). The van der Waals surface area contributed by atoms with Crippen LogP contribution < -0.4 is 5.56 Å². The van der Waals surface area contributed by atoms with Crippen LogP contribution in [0.1, 0.15) is 30.8 Å². The topological polar surface area (TPSA) is 55.1 Å². The maximum Gasteiger partial charge on any atom is 0.257 e. The molecule has 0 spiro atoms. The van der Waals surface area contributed by atoms with Gasteiger partial charge in [-0.25, -0.2) is 4.98 Å². The lowest BCUT2D eigenvalue weighted by Gasteiger charge is -2.17. The summed E-state index contributed by atoms with van der Waals surface area (Å²) in [7, 11) is 0. The zero-order chi connectivity index (χ0) is 20.1. The van der Waals surface area contributed by atoms with E-state index >= 15 is 0 Å². The van der Waals surface area contributed by atoms with Crippen LogP contribution in [-0.4, -0.2) is 14.7 Å². The maximum atomic E-state index is 13.4. The number of hydrogen-bond donors (Lipinski definition) is 1. The predicted molar refractivity (Wildman–Crippen MR) is 114 cm³/mol. The van der Waals surface area contributed by atoms with E-state index in [1.165, 1.54) is 0 Å². The molecule has 0 bridgehead atoms. The summed E-state index contributed by atoms with van der Waals surface area (Å²) >= 11 is 0. The van der Waals surface area contributed by atoms with Gasteiger partial charge in [0.15, 0.2) is 0 Å². The highest BCUT2D eigenvalue weighted by Gasteiger charge is 2.19. The molecular formula is C24H26N2O2. The summed E-state index contributed by atoms with van der Waals surface area (Å²) in [5, 5.41) is 10.4. The lowest BCUT2D eigenvalue weighted by Crippen LogP contribution is -2.30. The van der Waals surface area contributed by atoms with Crippen molar-refractivity contribution in [3.63, 3.8) is 0 Å². The summed E-state index contributed by atoms with van der Waals surface area (Å²) in [5.41, 5.74) is 3.82. The minimum Gasteiger partial charge on any atom is -0.507 e. The van der Waals surface area contributed by atoms with Crippen molar-refractivity contribution in [2.75, 3.05) is 0 Å². The van der Waals surface area contributed by atoms with Crippen LogP contribution in [0.4, 0.5) is 0 Å². The van der Waals surface area contributed by atoms with Crippen molar-refractivity contribution in [2.45, 2.75) is 39.7 Å². The molecule has 28 heavy (non-hydrogen) atoms. The molecule has 2 aromatic carbocycles. The molecule has 144 valence electrons. The van der Waals surface area contributed by atoms with E-state index in [4.69, 9.17) is 4.98 Å². The van der Waals surface area contributed by atoms with Crippen molar-refractivity contribution in [1.29, 1.82) is 0 Å². The first kappa shape index (κ1) is 19.6. The molecule has 1 N–H and O–H groups in total. The van der Waals surface area contributed by atoms with Gasteiger partial charge in [0, 0.05) is 24.1 Å². The molecule has 0 unspecified atom stereocenters. The van der Waals surface area contributed by atoms with E-state index in [9.17, 15) is 9.90 Å². The van der Waals surface area contributed by atoms with Crippen LogP contribution in [-0.2, 0) is 25.8 Å². The van der Waals surface area contributed by atoms with Crippen molar-refractivity contribution in [3.05, 3.63) is 94.1 Å². The molecule has 4 heteroatoms. The SMILES string of the molecule is C=C(C)Cn1c(CC)nc(-c2ccccc2O)c(CCc2ccccc2)c1=O. The molecule has 0 aliphatic heterocycles. The zero-order valence-corrected chi connectivity index (χ0v) is 16.5. The number of aromatic nitrogens is 2. The Bertz CT molecular complexity index is 1040. The van der Waals surface area contributed by atoms with Gasteiger partial charge in [-0.1, -0.05) is 61.5 Å². The van der Waals surface area contributed by atoms with E-state index in [0.29, 0.717) is 42.0 Å². The van der Waals surface area contributed by atoms with Crippen LogP contribution in [0.15, 0.2) is 71.5 Å². The van der Waals surface area contributed by atoms with Crippen LogP contribution in [0, 0.1) is 0 Å². The lowest BCUT2D eigenvalue weighted by molar-refractivity contribution is 0.477. The Kier molecular flexibility index (Phi) is 6.09. The van der Waals surface area contributed by atoms with Crippen molar-refractivity contribution in [2.24, 2.45) is 0 Å². The second-order valence-corrected chi connectivity index (χ2v) is 7.06. The monoisotopic (exact) mass is 374 g/mol. The standard InChI is InChI=1S/C24H26N2O2/c1-4-22-25-23(19-12-8-9-13-21(19)27)20(24(28)26(22)16-17(2)3)15-14-18-10-6-5-7-11-18/h5-13,27H,2,4,14-16H2,1,3H3. The summed E-state index contributed by atoms with van der Waals surface area (Å²) in [5.74, 6) is 0.838. The number of para-hydroxylation sites is 1. The second-order valence-electron chi connectivity index (χ2n) is 7.06. The van der Waals surface area contributed by atoms with Crippen molar-refractivity contribution >= 4 is 0 Å².